The van der Waals surface area contributed by atoms with Crippen LogP contribution in [0.3, 0.4) is 0 Å². The third-order valence-electron chi connectivity index (χ3n) is 1.18. The lowest BCUT2D eigenvalue weighted by Gasteiger charge is -1.94. The van der Waals surface area contributed by atoms with E-state index in [9.17, 15) is 4.91 Å². The summed E-state index contributed by atoms with van der Waals surface area (Å²) in [6.45, 7) is 1.99. The molecule has 0 saturated heterocycles. The topological polar surface area (TPSA) is 38.7 Å². The average Bonchev–Trinajstić information content (AvgIpc) is 2.04. The minimum Gasteiger partial charge on any atom is -0.282 e. The van der Waals surface area contributed by atoms with Gasteiger partial charge in [0.1, 0.15) is 12.0 Å². The molecule has 0 atom stereocenters. The first-order valence-electron chi connectivity index (χ1n) is 3.06. The number of rotatable bonds is 3. The van der Waals surface area contributed by atoms with Gasteiger partial charge in [-0.05, 0) is 19.1 Å². The second kappa shape index (κ2) is 3.98. The van der Waals surface area contributed by atoms with E-state index in [0.29, 0.717) is 0 Å². The molecule has 3 nitrogen and oxygen atoms in total. The average molecular weight is 169 g/mol. The van der Waals surface area contributed by atoms with Crippen molar-refractivity contribution in [1.82, 2.24) is 0 Å². The highest BCUT2D eigenvalue weighted by molar-refractivity contribution is 7.94. The van der Waals surface area contributed by atoms with E-state index >= 15 is 0 Å². The first-order valence-corrected chi connectivity index (χ1v) is 3.80. The zero-order chi connectivity index (χ0) is 8.10. The Bertz CT molecular complexity index is 235. The van der Waals surface area contributed by atoms with Crippen LogP contribution in [-0.2, 0) is 4.28 Å². The molecule has 0 aliphatic carbocycles. The number of nitrogens with zero attached hydrogens (tertiary/aromatic N) is 1. The van der Waals surface area contributed by atoms with Crippen molar-refractivity contribution in [3.05, 3.63) is 34.7 Å². The molecule has 0 aliphatic rings. The zero-order valence-corrected chi connectivity index (χ0v) is 6.80. The Kier molecular flexibility index (Phi) is 2.92. The zero-order valence-electron chi connectivity index (χ0n) is 5.98. The fourth-order valence-corrected chi connectivity index (χ4v) is 1.02. The summed E-state index contributed by atoms with van der Waals surface area (Å²) in [4.78, 5) is 10.4. The molecule has 0 fully saturated rings. The fourth-order valence-electron chi connectivity index (χ4n) is 0.652. The molecule has 4 heteroatoms. The van der Waals surface area contributed by atoms with Gasteiger partial charge in [-0.25, -0.2) is 0 Å². The van der Waals surface area contributed by atoms with E-state index in [2.05, 4.69) is 9.62 Å². The standard InChI is InChI=1S/C7H7NO2S/c1-6-2-4-7(5-3-6)11-10-8-9/h2-5H,1H3. The molecule has 58 valence electrons. The molecule has 0 N–H and O–H groups in total. The minimum absolute atomic E-state index is 0.871. The Morgan fingerprint density at radius 1 is 1.36 bits per heavy atom. The number of hydrogen-bond donors (Lipinski definition) is 0. The number of hydrogen-bond acceptors (Lipinski definition) is 4. The molecule has 0 heterocycles. The largest absolute Gasteiger partial charge is 0.282 e. The van der Waals surface area contributed by atoms with Crippen LogP contribution in [0.25, 0.3) is 0 Å². The van der Waals surface area contributed by atoms with Gasteiger partial charge in [0, 0.05) is 0 Å². The monoisotopic (exact) mass is 169 g/mol. The second-order valence-corrected chi connectivity index (χ2v) is 2.83. The lowest BCUT2D eigenvalue weighted by Crippen LogP contribution is -1.72. The molecule has 11 heavy (non-hydrogen) atoms. The molecule has 0 unspecified atom stereocenters. The van der Waals surface area contributed by atoms with Crippen LogP contribution in [0.15, 0.2) is 34.5 Å². The van der Waals surface area contributed by atoms with E-state index < -0.39 is 0 Å². The Morgan fingerprint density at radius 2 is 2.00 bits per heavy atom. The van der Waals surface area contributed by atoms with Crippen LogP contribution in [0.4, 0.5) is 0 Å². The molecule has 1 rings (SSSR count). The third-order valence-corrected chi connectivity index (χ3v) is 1.78. The van der Waals surface area contributed by atoms with Crippen LogP contribution in [0.1, 0.15) is 5.56 Å². The highest BCUT2D eigenvalue weighted by Gasteiger charge is 1.93. The van der Waals surface area contributed by atoms with E-state index in [1.807, 2.05) is 31.2 Å². The van der Waals surface area contributed by atoms with Crippen molar-refractivity contribution in [1.29, 1.82) is 0 Å². The van der Waals surface area contributed by atoms with Crippen molar-refractivity contribution < 1.29 is 4.28 Å². The lowest BCUT2D eigenvalue weighted by atomic mass is 10.2. The maximum absolute atomic E-state index is 9.55. The maximum Gasteiger partial charge on any atom is 0.169 e. The van der Waals surface area contributed by atoms with Crippen LogP contribution in [-0.4, -0.2) is 0 Å². The molecule has 0 aromatic heterocycles. The van der Waals surface area contributed by atoms with Crippen molar-refractivity contribution in [2.45, 2.75) is 11.8 Å². The van der Waals surface area contributed by atoms with Crippen molar-refractivity contribution >= 4 is 12.0 Å². The molecule has 0 spiro atoms. The van der Waals surface area contributed by atoms with Crippen molar-refractivity contribution in [2.24, 2.45) is 5.34 Å². The molecular formula is C7H7NO2S. The summed E-state index contributed by atoms with van der Waals surface area (Å²) in [6.07, 6.45) is 0. The molecule has 1 aromatic carbocycles. The van der Waals surface area contributed by atoms with Gasteiger partial charge in [-0.2, -0.15) is 0 Å². The lowest BCUT2D eigenvalue weighted by molar-refractivity contribution is 0.398. The normalized spacial score (nSPS) is 9.18. The Morgan fingerprint density at radius 3 is 2.55 bits per heavy atom. The predicted molar refractivity (Wildman–Crippen MR) is 43.9 cm³/mol. The smallest absolute Gasteiger partial charge is 0.169 e. The number of aryl methyl sites for hydroxylation is 1. The minimum atomic E-state index is 0.871. The van der Waals surface area contributed by atoms with E-state index in [1.165, 1.54) is 5.56 Å². The first-order chi connectivity index (χ1) is 5.33. The SMILES string of the molecule is Cc1ccc(SON=O)cc1. The van der Waals surface area contributed by atoms with Crippen LogP contribution < -0.4 is 0 Å². The molecule has 0 bridgehead atoms. The molecule has 0 aliphatic heterocycles. The summed E-state index contributed by atoms with van der Waals surface area (Å²) in [6, 6.07) is 7.61. The van der Waals surface area contributed by atoms with Gasteiger partial charge >= 0.3 is 0 Å². The summed E-state index contributed by atoms with van der Waals surface area (Å²) in [7, 11) is 0. The Hall–Kier alpha value is -1.03. The van der Waals surface area contributed by atoms with Crippen LogP contribution in [0.5, 0.6) is 0 Å². The molecule has 0 saturated carbocycles. The van der Waals surface area contributed by atoms with Gasteiger partial charge in [0.25, 0.3) is 0 Å². The van der Waals surface area contributed by atoms with Crippen molar-refractivity contribution in [2.75, 3.05) is 0 Å². The van der Waals surface area contributed by atoms with E-state index in [4.69, 9.17) is 0 Å². The van der Waals surface area contributed by atoms with Gasteiger partial charge in [-0.1, -0.05) is 17.7 Å². The van der Waals surface area contributed by atoms with Gasteiger partial charge in [0.15, 0.2) is 5.34 Å². The quantitative estimate of drug-likeness (QED) is 0.396. The summed E-state index contributed by atoms with van der Waals surface area (Å²) in [5, 5.41) is 2.27. The molecular weight excluding hydrogens is 162 g/mol. The molecule has 1 aromatic rings. The van der Waals surface area contributed by atoms with Crippen LogP contribution >= 0.6 is 12.0 Å². The number of benzene rings is 1. The predicted octanol–water partition coefficient (Wildman–Crippen LogP) is 2.70. The van der Waals surface area contributed by atoms with Crippen molar-refractivity contribution in [3.63, 3.8) is 0 Å². The Labute approximate surface area is 68.9 Å². The Balaban J connectivity index is 2.58. The highest BCUT2D eigenvalue weighted by atomic mass is 32.2. The van der Waals surface area contributed by atoms with Gasteiger partial charge in [0.05, 0.1) is 4.90 Å². The second-order valence-electron chi connectivity index (χ2n) is 2.05. The van der Waals surface area contributed by atoms with Gasteiger partial charge < -0.3 is 0 Å². The highest BCUT2D eigenvalue weighted by Crippen LogP contribution is 2.18. The third kappa shape index (κ3) is 2.59. The molecule has 0 radical (unpaired) electrons. The van der Waals surface area contributed by atoms with E-state index in [0.717, 1.165) is 16.9 Å². The maximum atomic E-state index is 9.55. The first kappa shape index (κ1) is 8.07. The van der Waals surface area contributed by atoms with Crippen LogP contribution in [0.2, 0.25) is 0 Å². The summed E-state index contributed by atoms with van der Waals surface area (Å²) < 4.78 is 4.25. The summed E-state index contributed by atoms with van der Waals surface area (Å²) in [5.41, 5.74) is 1.17. The van der Waals surface area contributed by atoms with E-state index in [1.54, 1.807) is 0 Å². The fraction of sp³-hybridized carbons (Fsp3) is 0.143. The van der Waals surface area contributed by atoms with Gasteiger partial charge in [-0.15, -0.1) is 4.91 Å². The summed E-state index contributed by atoms with van der Waals surface area (Å²) in [5.74, 6) is 0. The van der Waals surface area contributed by atoms with Crippen molar-refractivity contribution in [3.8, 4) is 0 Å². The van der Waals surface area contributed by atoms with Gasteiger partial charge in [0.2, 0.25) is 0 Å². The van der Waals surface area contributed by atoms with E-state index in [-0.39, 0.29) is 0 Å². The van der Waals surface area contributed by atoms with Gasteiger partial charge in [-0.3, -0.25) is 4.28 Å². The molecule has 0 amide bonds. The summed E-state index contributed by atoms with van der Waals surface area (Å²) >= 11 is 0.950. The van der Waals surface area contributed by atoms with Crippen LogP contribution in [0, 0.1) is 11.8 Å².